The minimum atomic E-state index is 0.0142. The predicted molar refractivity (Wildman–Crippen MR) is 151 cm³/mol. The van der Waals surface area contributed by atoms with Crippen LogP contribution in [-0.4, -0.2) is 0 Å². The number of benzene rings is 3. The van der Waals surface area contributed by atoms with Crippen LogP contribution in [0.25, 0.3) is 22.3 Å². The maximum absolute atomic E-state index is 3.68. The van der Waals surface area contributed by atoms with Crippen LogP contribution >= 0.6 is 0 Å². The second-order valence-electron chi connectivity index (χ2n) is 13.9. The molecule has 3 aromatic carbocycles. The van der Waals surface area contributed by atoms with E-state index in [9.17, 15) is 0 Å². The van der Waals surface area contributed by atoms with Crippen LogP contribution in [0.1, 0.15) is 105 Å². The van der Waals surface area contributed by atoms with Gasteiger partial charge in [0, 0.05) is 0 Å². The first-order chi connectivity index (χ1) is 15.4. The first kappa shape index (κ1) is 26.3. The van der Waals surface area contributed by atoms with Gasteiger partial charge in [0.1, 0.15) is 0 Å². The summed E-state index contributed by atoms with van der Waals surface area (Å²) in [5.74, 6) is 0. The minimum Gasteiger partial charge on any atom is -0.0613 e. The smallest absolute Gasteiger partial charge is 0.00234 e. The minimum absolute atomic E-state index is 0.0142. The molecule has 0 spiro atoms. The highest BCUT2D eigenvalue weighted by Crippen LogP contribution is 2.46. The first-order valence-corrected chi connectivity index (χ1v) is 12.7. The molecular formula is C34H45. The largest absolute Gasteiger partial charge is 0.0613 e. The first-order valence-electron chi connectivity index (χ1n) is 12.7. The van der Waals surface area contributed by atoms with Gasteiger partial charge in [-0.05, 0) is 72.2 Å². The van der Waals surface area contributed by atoms with Gasteiger partial charge in [0.2, 0.25) is 0 Å². The zero-order chi connectivity index (χ0) is 25.7. The second kappa shape index (κ2) is 8.71. The summed E-state index contributed by atoms with van der Waals surface area (Å²) in [4.78, 5) is 0. The van der Waals surface area contributed by atoms with Gasteiger partial charge in [0.05, 0.1) is 0 Å². The topological polar surface area (TPSA) is 0 Å². The van der Waals surface area contributed by atoms with Gasteiger partial charge in [-0.2, -0.15) is 0 Å². The Morgan fingerprint density at radius 2 is 0.853 bits per heavy atom. The van der Waals surface area contributed by atoms with E-state index in [-0.39, 0.29) is 21.7 Å². The van der Waals surface area contributed by atoms with E-state index in [2.05, 4.69) is 144 Å². The van der Waals surface area contributed by atoms with Crippen molar-refractivity contribution in [1.29, 1.82) is 0 Å². The van der Waals surface area contributed by atoms with E-state index in [1.54, 1.807) is 0 Å². The Hall–Kier alpha value is -2.34. The van der Waals surface area contributed by atoms with E-state index in [0.29, 0.717) is 0 Å². The maximum atomic E-state index is 3.68. The Bertz CT molecular complexity index is 1070. The Kier molecular flexibility index (Phi) is 6.73. The van der Waals surface area contributed by atoms with Crippen molar-refractivity contribution < 1.29 is 0 Å². The fourth-order valence-electron chi connectivity index (χ4n) is 5.29. The molecule has 0 aliphatic heterocycles. The van der Waals surface area contributed by atoms with Crippen LogP contribution < -0.4 is 0 Å². The number of hydrogen-bond donors (Lipinski definition) is 0. The van der Waals surface area contributed by atoms with Crippen molar-refractivity contribution in [2.24, 2.45) is 0 Å². The van der Waals surface area contributed by atoms with Crippen molar-refractivity contribution in [1.82, 2.24) is 0 Å². The summed E-state index contributed by atoms with van der Waals surface area (Å²) in [5, 5.41) is 0. The SMILES string of the molecule is CC(C)(C)c1cccc(-c2[c]cccc2-c2cccc(C(C)(C)C)c2C(C)(C)C)c1C(C)(C)C. The molecule has 3 rings (SSSR count). The molecule has 181 valence electrons. The summed E-state index contributed by atoms with van der Waals surface area (Å²) in [6, 6.07) is 23.9. The van der Waals surface area contributed by atoms with Crippen molar-refractivity contribution in [2.45, 2.75) is 105 Å². The van der Waals surface area contributed by atoms with Crippen molar-refractivity contribution in [3.05, 3.63) is 82.9 Å². The summed E-state index contributed by atoms with van der Waals surface area (Å²) < 4.78 is 0. The van der Waals surface area contributed by atoms with Crippen LogP contribution in [0.15, 0.2) is 54.6 Å². The van der Waals surface area contributed by atoms with Crippen LogP contribution in [0.3, 0.4) is 0 Å². The fourth-order valence-corrected chi connectivity index (χ4v) is 5.29. The lowest BCUT2D eigenvalue weighted by Gasteiger charge is -2.34. The van der Waals surface area contributed by atoms with Crippen molar-refractivity contribution >= 4 is 0 Å². The van der Waals surface area contributed by atoms with Gasteiger partial charge in [-0.1, -0.05) is 138 Å². The lowest BCUT2D eigenvalue weighted by molar-refractivity contribution is 0.531. The van der Waals surface area contributed by atoms with Gasteiger partial charge >= 0.3 is 0 Å². The third-order valence-electron chi connectivity index (χ3n) is 6.66. The zero-order valence-electron chi connectivity index (χ0n) is 23.7. The number of rotatable bonds is 2. The van der Waals surface area contributed by atoms with Crippen molar-refractivity contribution in [3.63, 3.8) is 0 Å². The summed E-state index contributed by atoms with van der Waals surface area (Å²) in [7, 11) is 0. The molecule has 3 aromatic rings. The summed E-state index contributed by atoms with van der Waals surface area (Å²) >= 11 is 0. The quantitative estimate of drug-likeness (QED) is 0.362. The molecule has 0 amide bonds. The monoisotopic (exact) mass is 453 g/mol. The molecule has 0 heteroatoms. The van der Waals surface area contributed by atoms with Gasteiger partial charge < -0.3 is 0 Å². The van der Waals surface area contributed by atoms with Crippen LogP contribution in [-0.2, 0) is 21.7 Å². The Morgan fingerprint density at radius 1 is 0.441 bits per heavy atom. The molecule has 0 unspecified atom stereocenters. The molecule has 1 radical (unpaired) electrons. The highest BCUT2D eigenvalue weighted by Gasteiger charge is 2.31. The molecule has 0 bridgehead atoms. The molecule has 0 aromatic heterocycles. The van der Waals surface area contributed by atoms with Gasteiger partial charge in [0.15, 0.2) is 0 Å². The van der Waals surface area contributed by atoms with E-state index in [4.69, 9.17) is 0 Å². The average Bonchev–Trinajstić information content (AvgIpc) is 2.70. The normalized spacial score (nSPS) is 13.3. The van der Waals surface area contributed by atoms with Gasteiger partial charge in [-0.15, -0.1) is 0 Å². The van der Waals surface area contributed by atoms with E-state index >= 15 is 0 Å². The van der Waals surface area contributed by atoms with Gasteiger partial charge in [-0.25, -0.2) is 0 Å². The predicted octanol–water partition coefficient (Wildman–Crippen LogP) is 10.0. The molecule has 0 aliphatic rings. The van der Waals surface area contributed by atoms with E-state index < -0.39 is 0 Å². The molecule has 34 heavy (non-hydrogen) atoms. The Morgan fingerprint density at radius 3 is 1.29 bits per heavy atom. The Labute approximate surface area is 209 Å². The molecular weight excluding hydrogens is 408 g/mol. The summed E-state index contributed by atoms with van der Waals surface area (Å²) in [6.45, 7) is 28.0. The van der Waals surface area contributed by atoms with Crippen LogP contribution in [0.2, 0.25) is 0 Å². The summed E-state index contributed by atoms with van der Waals surface area (Å²) in [5.41, 5.74) is 11.0. The zero-order valence-corrected chi connectivity index (χ0v) is 23.7. The van der Waals surface area contributed by atoms with Crippen LogP contribution in [0.5, 0.6) is 0 Å². The van der Waals surface area contributed by atoms with Crippen molar-refractivity contribution in [2.75, 3.05) is 0 Å². The van der Waals surface area contributed by atoms with E-state index in [0.717, 1.165) is 0 Å². The van der Waals surface area contributed by atoms with Crippen LogP contribution in [0.4, 0.5) is 0 Å². The molecule has 0 N–H and O–H groups in total. The molecule has 0 fully saturated rings. The molecule has 0 saturated carbocycles. The van der Waals surface area contributed by atoms with Crippen LogP contribution in [0, 0.1) is 6.07 Å². The molecule has 0 aliphatic carbocycles. The standard InChI is InChI=1S/C34H45/c1-31(2,3)27-21-15-19-25(29(27)33(7,8)9)23-17-13-14-18-24(23)26-20-16-22-28(32(4,5)6)30(26)34(10,11)12/h13-17,19-22H,1-12H3. The van der Waals surface area contributed by atoms with Gasteiger partial charge in [-0.3, -0.25) is 0 Å². The third-order valence-corrected chi connectivity index (χ3v) is 6.66. The third kappa shape index (κ3) is 5.17. The molecule has 0 atom stereocenters. The lowest BCUT2D eigenvalue weighted by Crippen LogP contribution is -2.23. The summed E-state index contributed by atoms with van der Waals surface area (Å²) in [6.07, 6.45) is 0. The maximum Gasteiger partial charge on any atom is -0.00234 e. The lowest BCUT2D eigenvalue weighted by atomic mass is 9.70. The van der Waals surface area contributed by atoms with Gasteiger partial charge in [0.25, 0.3) is 0 Å². The average molecular weight is 454 g/mol. The number of hydrogen-bond acceptors (Lipinski definition) is 0. The second-order valence-corrected chi connectivity index (χ2v) is 13.9. The Balaban J connectivity index is 2.45. The molecule has 0 saturated heterocycles. The van der Waals surface area contributed by atoms with E-state index in [1.165, 1.54) is 44.5 Å². The molecule has 0 nitrogen and oxygen atoms in total. The van der Waals surface area contributed by atoms with E-state index in [1.807, 2.05) is 0 Å². The highest BCUT2D eigenvalue weighted by atomic mass is 14.3. The fraction of sp³-hybridized carbons (Fsp3) is 0.471. The highest BCUT2D eigenvalue weighted by molar-refractivity contribution is 5.87. The molecule has 0 heterocycles. The van der Waals surface area contributed by atoms with Crippen molar-refractivity contribution in [3.8, 4) is 22.3 Å².